The van der Waals surface area contributed by atoms with Crippen LogP contribution in [0, 0.1) is 0 Å². The van der Waals surface area contributed by atoms with Gasteiger partial charge in [0.25, 0.3) is 0 Å². The lowest BCUT2D eigenvalue weighted by atomic mass is 10.2. The number of nitrogens with zero attached hydrogens (tertiary/aromatic N) is 4. The van der Waals surface area contributed by atoms with Crippen LogP contribution in [0.5, 0.6) is 0 Å². The fraction of sp³-hybridized carbons (Fsp3) is 0.0769. The van der Waals surface area contributed by atoms with Crippen molar-refractivity contribution in [1.29, 1.82) is 0 Å². The van der Waals surface area contributed by atoms with Crippen LogP contribution in [0.3, 0.4) is 0 Å². The number of hydrogen-bond donors (Lipinski definition) is 1. The fourth-order valence-corrected chi connectivity index (χ4v) is 1.98. The van der Waals surface area contributed by atoms with Gasteiger partial charge in [-0.1, -0.05) is 0 Å². The van der Waals surface area contributed by atoms with Crippen molar-refractivity contribution in [2.24, 2.45) is 7.05 Å². The summed E-state index contributed by atoms with van der Waals surface area (Å²) >= 11 is 0. The van der Waals surface area contributed by atoms with Crippen molar-refractivity contribution in [2.75, 3.05) is 0 Å². The molecule has 0 aliphatic carbocycles. The number of aromatic carboxylic acids is 1. The van der Waals surface area contributed by atoms with Gasteiger partial charge in [0, 0.05) is 19.4 Å². The summed E-state index contributed by atoms with van der Waals surface area (Å²) in [6.45, 7) is 0. The average Bonchev–Trinajstić information content (AvgIpc) is 2.76. The van der Waals surface area contributed by atoms with Gasteiger partial charge in [-0.2, -0.15) is 0 Å². The van der Waals surface area contributed by atoms with Gasteiger partial charge in [-0.15, -0.1) is 0 Å². The largest absolute Gasteiger partial charge is 0.478 e. The monoisotopic (exact) mass is 254 g/mol. The maximum Gasteiger partial charge on any atom is 0.335 e. The van der Waals surface area contributed by atoms with E-state index in [1.54, 1.807) is 36.8 Å². The van der Waals surface area contributed by atoms with E-state index in [-0.39, 0.29) is 5.56 Å². The average molecular weight is 254 g/mol. The van der Waals surface area contributed by atoms with Gasteiger partial charge in [-0.3, -0.25) is 4.98 Å². The minimum absolute atomic E-state index is 0.219. The Kier molecular flexibility index (Phi) is 2.49. The number of imidazole rings is 1. The van der Waals surface area contributed by atoms with E-state index in [9.17, 15) is 4.79 Å². The maximum absolute atomic E-state index is 10.9. The molecule has 0 unspecified atom stereocenters. The summed E-state index contributed by atoms with van der Waals surface area (Å²) in [7, 11) is 1.86. The van der Waals surface area contributed by atoms with Gasteiger partial charge >= 0.3 is 5.97 Å². The SMILES string of the molecule is Cn1c(-c2cnccn2)nc2cc(C(=O)O)ccc21. The molecule has 0 aliphatic rings. The second kappa shape index (κ2) is 4.16. The Labute approximate surface area is 108 Å². The number of aryl methyl sites for hydroxylation is 1. The molecule has 6 nitrogen and oxygen atoms in total. The van der Waals surface area contributed by atoms with E-state index in [0.717, 1.165) is 5.52 Å². The highest BCUT2D eigenvalue weighted by molar-refractivity contribution is 5.93. The van der Waals surface area contributed by atoms with Gasteiger partial charge in [0.15, 0.2) is 5.82 Å². The summed E-state index contributed by atoms with van der Waals surface area (Å²) in [5.41, 5.74) is 2.35. The Morgan fingerprint density at radius 1 is 1.32 bits per heavy atom. The highest BCUT2D eigenvalue weighted by atomic mass is 16.4. The molecule has 2 aromatic heterocycles. The Hall–Kier alpha value is -2.76. The van der Waals surface area contributed by atoms with E-state index < -0.39 is 5.97 Å². The lowest BCUT2D eigenvalue weighted by Crippen LogP contribution is -1.96. The molecular weight excluding hydrogens is 244 g/mol. The first-order valence-electron chi connectivity index (χ1n) is 5.63. The third-order valence-corrected chi connectivity index (χ3v) is 2.92. The predicted molar refractivity (Wildman–Crippen MR) is 68.7 cm³/mol. The molecule has 1 aromatic carbocycles. The molecule has 0 saturated heterocycles. The molecule has 2 heterocycles. The minimum Gasteiger partial charge on any atom is -0.478 e. The Bertz CT molecular complexity index is 765. The van der Waals surface area contributed by atoms with E-state index >= 15 is 0 Å². The van der Waals surface area contributed by atoms with Crippen molar-refractivity contribution in [3.63, 3.8) is 0 Å². The van der Waals surface area contributed by atoms with E-state index in [4.69, 9.17) is 5.11 Å². The third-order valence-electron chi connectivity index (χ3n) is 2.92. The Balaban J connectivity index is 2.23. The quantitative estimate of drug-likeness (QED) is 0.753. The molecule has 0 spiro atoms. The standard InChI is InChI=1S/C13H10N4O2/c1-17-11-3-2-8(13(18)19)6-9(11)16-12(17)10-7-14-4-5-15-10/h2-7H,1H3,(H,18,19). The van der Waals surface area contributed by atoms with Crippen molar-refractivity contribution in [1.82, 2.24) is 19.5 Å². The first kappa shape index (κ1) is 11.3. The minimum atomic E-state index is -0.964. The second-order valence-electron chi connectivity index (χ2n) is 4.09. The molecular formula is C13H10N4O2. The molecule has 0 atom stereocenters. The van der Waals surface area contributed by atoms with Crippen LogP contribution in [-0.4, -0.2) is 30.6 Å². The smallest absolute Gasteiger partial charge is 0.335 e. The van der Waals surface area contributed by atoms with Crippen molar-refractivity contribution in [3.05, 3.63) is 42.4 Å². The van der Waals surface area contributed by atoms with Crippen molar-refractivity contribution in [2.45, 2.75) is 0 Å². The molecule has 19 heavy (non-hydrogen) atoms. The summed E-state index contributed by atoms with van der Waals surface area (Å²) in [6.07, 6.45) is 4.81. The van der Waals surface area contributed by atoms with Crippen LogP contribution in [0.4, 0.5) is 0 Å². The molecule has 0 bridgehead atoms. The Morgan fingerprint density at radius 3 is 2.84 bits per heavy atom. The van der Waals surface area contributed by atoms with Gasteiger partial charge in [0.2, 0.25) is 0 Å². The van der Waals surface area contributed by atoms with Gasteiger partial charge in [-0.05, 0) is 18.2 Å². The molecule has 1 N–H and O–H groups in total. The van der Waals surface area contributed by atoms with Crippen LogP contribution >= 0.6 is 0 Å². The van der Waals surface area contributed by atoms with E-state index in [1.807, 2.05) is 11.6 Å². The molecule has 6 heteroatoms. The molecule has 3 aromatic rings. The van der Waals surface area contributed by atoms with Crippen LogP contribution in [0.2, 0.25) is 0 Å². The van der Waals surface area contributed by atoms with E-state index in [1.165, 1.54) is 0 Å². The topological polar surface area (TPSA) is 80.9 Å². The number of hydrogen-bond acceptors (Lipinski definition) is 4. The summed E-state index contributed by atoms with van der Waals surface area (Å²) in [6, 6.07) is 4.86. The van der Waals surface area contributed by atoms with Crippen molar-refractivity contribution >= 4 is 17.0 Å². The zero-order chi connectivity index (χ0) is 13.4. The number of aromatic nitrogens is 4. The molecule has 0 radical (unpaired) electrons. The van der Waals surface area contributed by atoms with Gasteiger partial charge in [0.05, 0.1) is 22.8 Å². The molecule has 0 aliphatic heterocycles. The fourth-order valence-electron chi connectivity index (χ4n) is 1.98. The van der Waals surface area contributed by atoms with Crippen molar-refractivity contribution in [3.8, 4) is 11.5 Å². The molecule has 94 valence electrons. The van der Waals surface area contributed by atoms with Crippen molar-refractivity contribution < 1.29 is 9.90 Å². The highest BCUT2D eigenvalue weighted by Gasteiger charge is 2.12. The second-order valence-corrected chi connectivity index (χ2v) is 4.09. The van der Waals surface area contributed by atoms with Crippen LogP contribution in [-0.2, 0) is 7.05 Å². The summed E-state index contributed by atoms with van der Waals surface area (Å²) in [4.78, 5) is 23.6. The normalized spacial score (nSPS) is 10.8. The molecule has 0 amide bonds. The highest BCUT2D eigenvalue weighted by Crippen LogP contribution is 2.22. The summed E-state index contributed by atoms with van der Waals surface area (Å²) in [5.74, 6) is -0.306. The lowest BCUT2D eigenvalue weighted by molar-refractivity contribution is 0.0697. The van der Waals surface area contributed by atoms with Gasteiger partial charge < -0.3 is 9.67 Å². The first-order valence-corrected chi connectivity index (χ1v) is 5.63. The number of benzene rings is 1. The van der Waals surface area contributed by atoms with Crippen LogP contribution in [0.25, 0.3) is 22.6 Å². The van der Waals surface area contributed by atoms with Crippen LogP contribution in [0.1, 0.15) is 10.4 Å². The summed E-state index contributed by atoms with van der Waals surface area (Å²) < 4.78 is 1.87. The van der Waals surface area contributed by atoms with E-state index in [2.05, 4.69) is 15.0 Å². The van der Waals surface area contributed by atoms with Gasteiger partial charge in [0.1, 0.15) is 5.69 Å². The van der Waals surface area contributed by atoms with Crippen LogP contribution in [0.15, 0.2) is 36.8 Å². The number of carboxylic acid groups (broad SMARTS) is 1. The van der Waals surface area contributed by atoms with Crippen LogP contribution < -0.4 is 0 Å². The Morgan fingerprint density at radius 2 is 2.16 bits per heavy atom. The zero-order valence-electron chi connectivity index (χ0n) is 10.1. The lowest BCUT2D eigenvalue weighted by Gasteiger charge is -2.00. The van der Waals surface area contributed by atoms with Gasteiger partial charge in [-0.25, -0.2) is 14.8 Å². The number of carboxylic acids is 1. The molecule has 0 fully saturated rings. The first-order chi connectivity index (χ1) is 9.16. The zero-order valence-corrected chi connectivity index (χ0v) is 10.1. The summed E-state index contributed by atoms with van der Waals surface area (Å²) in [5, 5.41) is 8.98. The maximum atomic E-state index is 10.9. The number of rotatable bonds is 2. The third kappa shape index (κ3) is 1.83. The van der Waals surface area contributed by atoms with E-state index in [0.29, 0.717) is 17.0 Å². The molecule has 0 saturated carbocycles. The molecule has 3 rings (SSSR count). The number of fused-ring (bicyclic) bond motifs is 1. The predicted octanol–water partition coefficient (Wildman–Crippen LogP) is 1.73. The number of carbonyl (C=O) groups is 1.